The van der Waals surface area contributed by atoms with E-state index in [0.29, 0.717) is 32.6 Å². The van der Waals surface area contributed by atoms with Crippen LogP contribution in [0.15, 0.2) is 119 Å². The van der Waals surface area contributed by atoms with Crippen LogP contribution < -0.4 is 4.74 Å². The summed E-state index contributed by atoms with van der Waals surface area (Å²) in [5.41, 5.74) is 7.99. The third-order valence-electron chi connectivity index (χ3n) is 8.69. The van der Waals surface area contributed by atoms with Crippen molar-refractivity contribution in [3.8, 4) is 17.0 Å². The number of aliphatic imine (C=N–C) groups is 1. The van der Waals surface area contributed by atoms with Gasteiger partial charge < -0.3 is 4.74 Å². The van der Waals surface area contributed by atoms with Crippen LogP contribution >= 0.6 is 23.2 Å². The Morgan fingerprint density at radius 1 is 0.733 bits per heavy atom. The van der Waals surface area contributed by atoms with E-state index in [9.17, 15) is 8.42 Å². The van der Waals surface area contributed by atoms with E-state index in [1.807, 2.05) is 86.6 Å². The van der Waals surface area contributed by atoms with E-state index in [2.05, 4.69) is 12.1 Å². The van der Waals surface area contributed by atoms with Crippen molar-refractivity contribution in [3.05, 3.63) is 153 Å². The molecule has 0 saturated heterocycles. The highest BCUT2D eigenvalue weighted by Crippen LogP contribution is 2.53. The predicted octanol–water partition coefficient (Wildman–Crippen LogP) is 9.49. The Balaban J connectivity index is 1.54. The first-order valence-electron chi connectivity index (χ1n) is 14.6. The van der Waals surface area contributed by atoms with E-state index >= 15 is 0 Å². The summed E-state index contributed by atoms with van der Waals surface area (Å²) < 4.78 is 38.0. The lowest BCUT2D eigenvalue weighted by Gasteiger charge is -2.35. The van der Waals surface area contributed by atoms with E-state index in [0.717, 1.165) is 44.5 Å². The number of benzene rings is 5. The van der Waals surface area contributed by atoms with Crippen molar-refractivity contribution in [3.63, 3.8) is 0 Å². The SMILES string of the molecule is Cc1ccc(S(=O)(=O)n2c(-c3ccc(Cl)cc3)c3c4c(c(C)ccc42)O[C@H]2C(c4ccc(Cl)cc4)=N[C@H]3c3ccccc32)cc1. The Morgan fingerprint density at radius 3 is 2.02 bits per heavy atom. The number of halogens is 2. The summed E-state index contributed by atoms with van der Waals surface area (Å²) in [6, 6.07) is 33.2. The number of aromatic nitrogens is 1. The molecule has 0 saturated carbocycles. The van der Waals surface area contributed by atoms with Crippen molar-refractivity contribution in [1.82, 2.24) is 3.97 Å². The van der Waals surface area contributed by atoms with Crippen molar-refractivity contribution in [2.45, 2.75) is 30.9 Å². The molecule has 8 heteroatoms. The summed E-state index contributed by atoms with van der Waals surface area (Å²) in [4.78, 5) is 5.59. The highest BCUT2D eigenvalue weighted by Gasteiger charge is 2.41. The first-order chi connectivity index (χ1) is 21.7. The van der Waals surface area contributed by atoms with Gasteiger partial charge in [-0.2, -0.15) is 0 Å². The van der Waals surface area contributed by atoms with Crippen LogP contribution in [-0.4, -0.2) is 18.1 Å². The Bertz CT molecular complexity index is 2290. The summed E-state index contributed by atoms with van der Waals surface area (Å²) in [6.07, 6.45) is -0.507. The molecule has 3 aliphatic heterocycles. The average molecular weight is 650 g/mol. The van der Waals surface area contributed by atoms with E-state index in [-0.39, 0.29) is 4.90 Å². The van der Waals surface area contributed by atoms with Crippen molar-refractivity contribution >= 4 is 49.8 Å². The topological polar surface area (TPSA) is 60.7 Å². The van der Waals surface area contributed by atoms with E-state index < -0.39 is 22.2 Å². The van der Waals surface area contributed by atoms with Gasteiger partial charge in [0.15, 0.2) is 6.10 Å². The van der Waals surface area contributed by atoms with E-state index in [1.165, 1.54) is 3.97 Å². The number of ether oxygens (including phenoxy) is 1. The van der Waals surface area contributed by atoms with Crippen LogP contribution in [0.25, 0.3) is 22.2 Å². The van der Waals surface area contributed by atoms with Gasteiger partial charge in [-0.1, -0.05) is 95.5 Å². The maximum Gasteiger partial charge on any atom is 0.268 e. The predicted molar refractivity (Wildman–Crippen MR) is 181 cm³/mol. The number of hydrogen-bond donors (Lipinski definition) is 0. The van der Waals surface area contributed by atoms with Crippen molar-refractivity contribution in [2.24, 2.45) is 4.99 Å². The van der Waals surface area contributed by atoms with Gasteiger partial charge in [0.05, 0.1) is 21.8 Å². The van der Waals surface area contributed by atoms with Gasteiger partial charge in [-0.15, -0.1) is 0 Å². The number of rotatable bonds is 4. The molecule has 3 aliphatic rings. The molecule has 5 nitrogen and oxygen atoms in total. The molecule has 6 aromatic rings. The fraction of sp³-hybridized carbons (Fsp3) is 0.108. The summed E-state index contributed by atoms with van der Waals surface area (Å²) in [5, 5.41) is 1.92. The largest absolute Gasteiger partial charge is 0.478 e. The van der Waals surface area contributed by atoms with Gasteiger partial charge >= 0.3 is 0 Å². The van der Waals surface area contributed by atoms with Gasteiger partial charge in [0, 0.05) is 26.6 Å². The second-order valence-corrected chi connectivity index (χ2v) is 14.2. The minimum atomic E-state index is -4.09. The van der Waals surface area contributed by atoms with Crippen LogP contribution in [0.5, 0.6) is 5.75 Å². The molecule has 45 heavy (non-hydrogen) atoms. The zero-order chi connectivity index (χ0) is 31.0. The van der Waals surface area contributed by atoms with E-state index in [4.69, 9.17) is 32.9 Å². The lowest BCUT2D eigenvalue weighted by atomic mass is 9.82. The summed E-state index contributed by atoms with van der Waals surface area (Å²) >= 11 is 12.6. The molecular formula is C37H26Cl2N2O3S. The summed E-state index contributed by atoms with van der Waals surface area (Å²) in [6.45, 7) is 3.93. The minimum absolute atomic E-state index is 0.194. The molecule has 0 N–H and O–H groups in total. The first kappa shape index (κ1) is 28.1. The number of aryl methyl sites for hydroxylation is 2. The molecule has 0 unspecified atom stereocenters. The van der Waals surface area contributed by atoms with Crippen LogP contribution in [0.3, 0.4) is 0 Å². The molecule has 9 rings (SSSR count). The van der Waals surface area contributed by atoms with Gasteiger partial charge in [0.2, 0.25) is 0 Å². The Kier molecular flexibility index (Phi) is 6.47. The molecule has 2 bridgehead atoms. The molecule has 4 heterocycles. The van der Waals surface area contributed by atoms with Crippen LogP contribution in [0.4, 0.5) is 0 Å². The molecule has 5 aromatic carbocycles. The van der Waals surface area contributed by atoms with Crippen molar-refractivity contribution < 1.29 is 13.2 Å². The molecule has 1 aromatic heterocycles. The standard InChI is InChI=1S/C37H26Cl2N2O3S/c1-21-7-18-27(19-8-21)45(42,43)41-30-20-9-22(2)36-31(30)32(35(41)24-12-16-26(39)17-13-24)34-28-5-3-4-6-29(28)37(44-36)33(40-34)23-10-14-25(38)15-11-23/h3-20,34,37H,1-2H3/t34-,37+/m0/s1. The number of nitrogens with zero attached hydrogens (tertiary/aromatic N) is 2. The fourth-order valence-electron chi connectivity index (χ4n) is 6.54. The van der Waals surface area contributed by atoms with Gasteiger partial charge in [0.25, 0.3) is 10.0 Å². The molecule has 0 spiro atoms. The second-order valence-electron chi connectivity index (χ2n) is 11.5. The molecule has 0 amide bonds. The highest BCUT2D eigenvalue weighted by molar-refractivity contribution is 7.90. The quantitative estimate of drug-likeness (QED) is 0.191. The number of hydrogen-bond acceptors (Lipinski definition) is 4. The molecule has 222 valence electrons. The van der Waals surface area contributed by atoms with Crippen LogP contribution in [0.1, 0.15) is 45.5 Å². The van der Waals surface area contributed by atoms with E-state index in [1.54, 1.807) is 24.3 Å². The van der Waals surface area contributed by atoms with Gasteiger partial charge in [-0.3, -0.25) is 4.99 Å². The summed E-state index contributed by atoms with van der Waals surface area (Å²) in [5.74, 6) is 0.640. The zero-order valence-electron chi connectivity index (χ0n) is 24.3. The second kappa shape index (κ2) is 10.3. The lowest BCUT2D eigenvalue weighted by molar-refractivity contribution is 0.268. The van der Waals surface area contributed by atoms with Gasteiger partial charge in [-0.25, -0.2) is 12.4 Å². The van der Waals surface area contributed by atoms with Crippen molar-refractivity contribution in [1.29, 1.82) is 0 Å². The molecule has 2 atom stereocenters. The normalized spacial score (nSPS) is 16.9. The van der Waals surface area contributed by atoms with Crippen LogP contribution in [0, 0.1) is 13.8 Å². The Labute approximate surface area is 271 Å². The average Bonchev–Trinajstić information content (AvgIpc) is 3.37. The molecule has 0 aliphatic carbocycles. The monoisotopic (exact) mass is 648 g/mol. The van der Waals surface area contributed by atoms with Gasteiger partial charge in [-0.05, 0) is 78.6 Å². The maximum absolute atomic E-state index is 14.8. The lowest BCUT2D eigenvalue weighted by Crippen LogP contribution is -2.29. The summed E-state index contributed by atoms with van der Waals surface area (Å²) in [7, 11) is -4.09. The molecule has 0 fully saturated rings. The van der Waals surface area contributed by atoms with Gasteiger partial charge in [0.1, 0.15) is 11.8 Å². The first-order valence-corrected chi connectivity index (χ1v) is 16.8. The molecular weight excluding hydrogens is 623 g/mol. The smallest absolute Gasteiger partial charge is 0.268 e. The maximum atomic E-state index is 14.8. The zero-order valence-corrected chi connectivity index (χ0v) is 26.7. The van der Waals surface area contributed by atoms with Crippen molar-refractivity contribution in [2.75, 3.05) is 0 Å². The molecule has 0 radical (unpaired) electrons. The van der Waals surface area contributed by atoms with Crippen LogP contribution in [-0.2, 0) is 10.0 Å². The third kappa shape index (κ3) is 4.35. The highest BCUT2D eigenvalue weighted by atomic mass is 35.5. The Hall–Kier alpha value is -4.36. The minimum Gasteiger partial charge on any atom is -0.478 e. The van der Waals surface area contributed by atoms with Crippen LogP contribution in [0.2, 0.25) is 10.0 Å². The fourth-order valence-corrected chi connectivity index (χ4v) is 8.34. The Morgan fingerprint density at radius 2 is 1.36 bits per heavy atom. The third-order valence-corrected chi connectivity index (χ3v) is 10.9.